The van der Waals surface area contributed by atoms with E-state index < -0.39 is 0 Å². The van der Waals surface area contributed by atoms with Gasteiger partial charge < -0.3 is 10.0 Å². The third-order valence-corrected chi connectivity index (χ3v) is 4.48. The lowest BCUT2D eigenvalue weighted by Crippen LogP contribution is -2.36. The van der Waals surface area contributed by atoms with Crippen molar-refractivity contribution in [2.45, 2.75) is 12.8 Å². The molecule has 1 amide bonds. The first-order chi connectivity index (χ1) is 11.3. The highest BCUT2D eigenvalue weighted by Gasteiger charge is 2.15. The van der Waals surface area contributed by atoms with Crippen LogP contribution in [-0.4, -0.2) is 45.0 Å². The average molecular weight is 329 g/mol. The van der Waals surface area contributed by atoms with Gasteiger partial charge in [-0.3, -0.25) is 9.20 Å². The number of hydrogen-bond acceptors (Lipinski definition) is 4. The van der Waals surface area contributed by atoms with Crippen LogP contribution >= 0.6 is 11.3 Å². The maximum absolute atomic E-state index is 12.5. The van der Waals surface area contributed by atoms with Gasteiger partial charge >= 0.3 is 0 Å². The number of rotatable bonds is 7. The molecule has 0 atom stereocenters. The predicted molar refractivity (Wildman–Crippen MR) is 90.6 cm³/mol. The van der Waals surface area contributed by atoms with E-state index in [-0.39, 0.29) is 18.9 Å². The normalized spacial score (nSPS) is 11.0. The van der Waals surface area contributed by atoms with Crippen molar-refractivity contribution < 1.29 is 9.90 Å². The van der Waals surface area contributed by atoms with Crippen LogP contribution in [-0.2, 0) is 17.6 Å². The molecule has 0 unspecified atom stereocenters. The number of aliphatic hydroxyl groups is 1. The molecule has 1 N–H and O–H groups in total. The molecule has 2 heterocycles. The van der Waals surface area contributed by atoms with Crippen LogP contribution in [0.15, 0.2) is 48.1 Å². The van der Waals surface area contributed by atoms with E-state index in [2.05, 4.69) is 4.98 Å². The minimum Gasteiger partial charge on any atom is -0.395 e. The minimum atomic E-state index is -0.0290. The van der Waals surface area contributed by atoms with Crippen molar-refractivity contribution in [1.82, 2.24) is 14.3 Å². The topological polar surface area (TPSA) is 57.8 Å². The zero-order valence-electron chi connectivity index (χ0n) is 12.8. The monoisotopic (exact) mass is 329 g/mol. The number of nitrogens with zero attached hydrogens (tertiary/aromatic N) is 3. The van der Waals surface area contributed by atoms with E-state index in [1.54, 1.807) is 16.2 Å². The Morgan fingerprint density at radius 3 is 2.83 bits per heavy atom. The van der Waals surface area contributed by atoms with Crippen LogP contribution in [0.25, 0.3) is 4.96 Å². The van der Waals surface area contributed by atoms with E-state index in [1.165, 1.54) is 5.56 Å². The predicted octanol–water partition coefficient (Wildman–Crippen LogP) is 2.00. The zero-order valence-corrected chi connectivity index (χ0v) is 13.6. The molecule has 0 saturated heterocycles. The number of imidazole rings is 1. The van der Waals surface area contributed by atoms with Crippen molar-refractivity contribution >= 4 is 22.2 Å². The molecular weight excluding hydrogens is 310 g/mol. The van der Waals surface area contributed by atoms with Gasteiger partial charge in [0.15, 0.2) is 4.96 Å². The molecular formula is C17H19N3O2S. The second kappa shape index (κ2) is 7.39. The quantitative estimate of drug-likeness (QED) is 0.721. The molecule has 0 aliphatic rings. The molecule has 5 nitrogen and oxygen atoms in total. The zero-order chi connectivity index (χ0) is 16.1. The molecule has 3 rings (SSSR count). The van der Waals surface area contributed by atoms with Crippen molar-refractivity contribution in [2.75, 3.05) is 19.7 Å². The molecule has 0 saturated carbocycles. The Labute approximate surface area is 138 Å². The summed E-state index contributed by atoms with van der Waals surface area (Å²) in [7, 11) is 0. The Kier molecular flexibility index (Phi) is 5.05. The summed E-state index contributed by atoms with van der Waals surface area (Å²) in [5.41, 5.74) is 1.95. The number of carbonyl (C=O) groups excluding carboxylic acids is 1. The van der Waals surface area contributed by atoms with Gasteiger partial charge in [0, 0.05) is 30.9 Å². The Morgan fingerprint density at radius 2 is 2.09 bits per heavy atom. The van der Waals surface area contributed by atoms with Crippen LogP contribution in [0.1, 0.15) is 11.3 Å². The number of aliphatic hydroxyl groups excluding tert-OH is 1. The molecule has 0 fully saturated rings. The molecule has 0 spiro atoms. The highest BCUT2D eigenvalue weighted by molar-refractivity contribution is 7.15. The Morgan fingerprint density at radius 1 is 1.26 bits per heavy atom. The number of benzene rings is 1. The summed E-state index contributed by atoms with van der Waals surface area (Å²) in [6, 6.07) is 10.1. The fraction of sp³-hybridized carbons (Fsp3) is 0.294. The number of fused-ring (bicyclic) bond motifs is 1. The molecule has 0 radical (unpaired) electrons. The lowest BCUT2D eigenvalue weighted by Gasteiger charge is -2.21. The highest BCUT2D eigenvalue weighted by Crippen LogP contribution is 2.12. The summed E-state index contributed by atoms with van der Waals surface area (Å²) in [5.74, 6) is 0.000680. The molecule has 23 heavy (non-hydrogen) atoms. The summed E-state index contributed by atoms with van der Waals surface area (Å²) in [6.07, 6.45) is 4.87. The molecule has 6 heteroatoms. The second-order valence-electron chi connectivity index (χ2n) is 5.34. The van der Waals surface area contributed by atoms with E-state index in [0.29, 0.717) is 13.1 Å². The van der Waals surface area contributed by atoms with Gasteiger partial charge in [-0.1, -0.05) is 30.3 Å². The lowest BCUT2D eigenvalue weighted by molar-refractivity contribution is -0.131. The molecule has 3 aromatic rings. The van der Waals surface area contributed by atoms with Gasteiger partial charge in [-0.05, 0) is 12.0 Å². The maximum atomic E-state index is 12.5. The van der Waals surface area contributed by atoms with E-state index in [9.17, 15) is 9.90 Å². The van der Waals surface area contributed by atoms with E-state index in [0.717, 1.165) is 17.1 Å². The van der Waals surface area contributed by atoms with Gasteiger partial charge in [0.05, 0.1) is 18.7 Å². The standard InChI is InChI=1S/C17H19N3O2S/c21-10-8-19(7-6-14-4-2-1-3-5-14)16(22)12-15-13-20-9-11-23-17(20)18-15/h1-5,9,11,13,21H,6-8,10,12H2. The Balaban J connectivity index is 1.62. The number of thiazole rings is 1. The van der Waals surface area contributed by atoms with Crippen molar-refractivity contribution in [2.24, 2.45) is 0 Å². The second-order valence-corrected chi connectivity index (χ2v) is 6.21. The SMILES string of the molecule is O=C(Cc1cn2ccsc2n1)N(CCO)CCc1ccccc1. The summed E-state index contributed by atoms with van der Waals surface area (Å²) in [6.45, 7) is 0.929. The Hall–Kier alpha value is -2.18. The summed E-state index contributed by atoms with van der Waals surface area (Å²) in [5, 5.41) is 11.2. The van der Waals surface area contributed by atoms with Crippen LogP contribution in [0.4, 0.5) is 0 Å². The fourth-order valence-corrected chi connectivity index (χ4v) is 3.24. The summed E-state index contributed by atoms with van der Waals surface area (Å²) in [4.78, 5) is 19.5. The fourth-order valence-electron chi connectivity index (χ4n) is 2.52. The number of aromatic nitrogens is 2. The van der Waals surface area contributed by atoms with Crippen LogP contribution in [0.5, 0.6) is 0 Å². The van der Waals surface area contributed by atoms with Crippen molar-refractivity contribution in [3.63, 3.8) is 0 Å². The van der Waals surface area contributed by atoms with Crippen molar-refractivity contribution in [1.29, 1.82) is 0 Å². The van der Waals surface area contributed by atoms with Crippen molar-refractivity contribution in [3.05, 3.63) is 59.4 Å². The third kappa shape index (κ3) is 3.97. The van der Waals surface area contributed by atoms with Gasteiger partial charge in [-0.25, -0.2) is 4.98 Å². The number of carbonyl (C=O) groups is 1. The summed E-state index contributed by atoms with van der Waals surface area (Å²) < 4.78 is 1.92. The van der Waals surface area contributed by atoms with Gasteiger partial charge in [0.25, 0.3) is 0 Å². The molecule has 0 aliphatic carbocycles. The molecule has 2 aromatic heterocycles. The minimum absolute atomic E-state index is 0.000680. The van der Waals surface area contributed by atoms with Gasteiger partial charge in [0.1, 0.15) is 0 Å². The average Bonchev–Trinajstić information content (AvgIpc) is 3.13. The van der Waals surface area contributed by atoms with Crippen LogP contribution in [0.3, 0.4) is 0 Å². The van der Waals surface area contributed by atoms with Gasteiger partial charge in [-0.2, -0.15) is 0 Å². The van der Waals surface area contributed by atoms with Crippen molar-refractivity contribution in [3.8, 4) is 0 Å². The van der Waals surface area contributed by atoms with E-state index >= 15 is 0 Å². The summed E-state index contributed by atoms with van der Waals surface area (Å²) >= 11 is 1.55. The lowest BCUT2D eigenvalue weighted by atomic mass is 10.1. The van der Waals surface area contributed by atoms with Gasteiger partial charge in [0.2, 0.25) is 5.91 Å². The molecule has 0 bridgehead atoms. The number of amides is 1. The smallest absolute Gasteiger partial charge is 0.228 e. The molecule has 120 valence electrons. The largest absolute Gasteiger partial charge is 0.395 e. The third-order valence-electron chi connectivity index (χ3n) is 3.71. The van der Waals surface area contributed by atoms with E-state index in [1.807, 2.05) is 52.5 Å². The van der Waals surface area contributed by atoms with Gasteiger partial charge in [-0.15, -0.1) is 11.3 Å². The first kappa shape index (κ1) is 15.7. The number of hydrogen-bond donors (Lipinski definition) is 1. The van der Waals surface area contributed by atoms with Crippen LogP contribution in [0.2, 0.25) is 0 Å². The first-order valence-corrected chi connectivity index (χ1v) is 8.48. The van der Waals surface area contributed by atoms with E-state index in [4.69, 9.17) is 0 Å². The highest BCUT2D eigenvalue weighted by atomic mass is 32.1. The molecule has 0 aliphatic heterocycles. The van der Waals surface area contributed by atoms with Crippen LogP contribution in [0, 0.1) is 0 Å². The first-order valence-electron chi connectivity index (χ1n) is 7.60. The maximum Gasteiger partial charge on any atom is 0.228 e. The molecule has 1 aromatic carbocycles. The Bertz CT molecular complexity index is 738. The van der Waals surface area contributed by atoms with Crippen LogP contribution < -0.4 is 0 Å².